The highest BCUT2D eigenvalue weighted by Gasteiger charge is 2.06. The highest BCUT2D eigenvalue weighted by molar-refractivity contribution is 9.10. The zero-order valence-corrected chi connectivity index (χ0v) is 11.0. The summed E-state index contributed by atoms with van der Waals surface area (Å²) >= 11 is 9.43. The van der Waals surface area contributed by atoms with E-state index in [9.17, 15) is 0 Å². The largest absolute Gasteiger partial charge is 0.496 e. The summed E-state index contributed by atoms with van der Waals surface area (Å²) in [5.74, 6) is 0.838. The van der Waals surface area contributed by atoms with Crippen LogP contribution in [0.4, 0.5) is 0 Å². The van der Waals surface area contributed by atoms with Gasteiger partial charge in [0, 0.05) is 15.1 Å². The van der Waals surface area contributed by atoms with Crippen LogP contribution in [0.2, 0.25) is 5.02 Å². The summed E-state index contributed by atoms with van der Waals surface area (Å²) in [6.07, 6.45) is 0. The number of hydrogen-bond acceptors (Lipinski definition) is 1. The molecule has 0 aromatic heterocycles. The number of rotatable bonds is 2. The molecule has 0 saturated heterocycles. The standard InChI is InChI=1S/C13H10BrClO/c1-16-13-6-5-10(14)8-12(13)9-3-2-4-11(15)7-9/h2-8H,1H3. The first kappa shape index (κ1) is 11.5. The smallest absolute Gasteiger partial charge is 0.126 e. The lowest BCUT2D eigenvalue weighted by Crippen LogP contribution is -1.87. The molecule has 2 aromatic carbocycles. The molecule has 0 heterocycles. The van der Waals surface area contributed by atoms with Gasteiger partial charge in [0.1, 0.15) is 5.75 Å². The van der Waals surface area contributed by atoms with E-state index in [0.29, 0.717) is 0 Å². The van der Waals surface area contributed by atoms with Crippen molar-refractivity contribution in [2.75, 3.05) is 7.11 Å². The van der Waals surface area contributed by atoms with E-state index in [0.717, 1.165) is 26.4 Å². The molecule has 82 valence electrons. The van der Waals surface area contributed by atoms with Crippen molar-refractivity contribution >= 4 is 27.5 Å². The molecule has 0 bridgehead atoms. The second-order valence-corrected chi connectivity index (χ2v) is 4.71. The summed E-state index contributed by atoms with van der Waals surface area (Å²) in [4.78, 5) is 0. The summed E-state index contributed by atoms with van der Waals surface area (Å²) in [7, 11) is 1.66. The van der Waals surface area contributed by atoms with Crippen LogP contribution in [-0.2, 0) is 0 Å². The molecule has 0 spiro atoms. The molecule has 3 heteroatoms. The molecular formula is C13H10BrClO. The minimum Gasteiger partial charge on any atom is -0.496 e. The molecule has 0 radical (unpaired) electrons. The zero-order chi connectivity index (χ0) is 11.5. The molecule has 0 aliphatic heterocycles. The van der Waals surface area contributed by atoms with Crippen LogP contribution in [0.3, 0.4) is 0 Å². The molecule has 0 fully saturated rings. The van der Waals surface area contributed by atoms with Gasteiger partial charge in [0.25, 0.3) is 0 Å². The van der Waals surface area contributed by atoms with Crippen LogP contribution in [0.5, 0.6) is 5.75 Å². The third-order valence-electron chi connectivity index (χ3n) is 2.30. The lowest BCUT2D eigenvalue weighted by atomic mass is 10.1. The highest BCUT2D eigenvalue weighted by Crippen LogP contribution is 2.33. The van der Waals surface area contributed by atoms with Gasteiger partial charge in [-0.3, -0.25) is 0 Å². The molecule has 0 N–H and O–H groups in total. The Bertz CT molecular complexity index is 511. The van der Waals surface area contributed by atoms with E-state index in [-0.39, 0.29) is 0 Å². The summed E-state index contributed by atoms with van der Waals surface area (Å²) in [5, 5.41) is 0.722. The van der Waals surface area contributed by atoms with E-state index in [2.05, 4.69) is 15.9 Å². The second kappa shape index (κ2) is 4.89. The topological polar surface area (TPSA) is 9.23 Å². The number of methoxy groups -OCH3 is 1. The molecule has 0 saturated carbocycles. The van der Waals surface area contributed by atoms with Crippen molar-refractivity contribution < 1.29 is 4.74 Å². The van der Waals surface area contributed by atoms with Crippen molar-refractivity contribution in [2.45, 2.75) is 0 Å². The van der Waals surface area contributed by atoms with Crippen LogP contribution in [-0.4, -0.2) is 7.11 Å². The lowest BCUT2D eigenvalue weighted by molar-refractivity contribution is 0.416. The zero-order valence-electron chi connectivity index (χ0n) is 8.71. The predicted octanol–water partition coefficient (Wildman–Crippen LogP) is 4.78. The van der Waals surface area contributed by atoms with Crippen molar-refractivity contribution in [3.8, 4) is 16.9 Å². The minimum atomic E-state index is 0.722. The monoisotopic (exact) mass is 296 g/mol. The Balaban J connectivity index is 2.58. The van der Waals surface area contributed by atoms with E-state index < -0.39 is 0 Å². The van der Waals surface area contributed by atoms with Crippen LogP contribution >= 0.6 is 27.5 Å². The molecule has 0 atom stereocenters. The van der Waals surface area contributed by atoms with Gasteiger partial charge in [-0.05, 0) is 35.9 Å². The van der Waals surface area contributed by atoms with Gasteiger partial charge >= 0.3 is 0 Å². The van der Waals surface area contributed by atoms with Crippen LogP contribution < -0.4 is 4.74 Å². The van der Waals surface area contributed by atoms with Crippen LogP contribution in [0.1, 0.15) is 0 Å². The summed E-state index contributed by atoms with van der Waals surface area (Å²) < 4.78 is 6.35. The highest BCUT2D eigenvalue weighted by atomic mass is 79.9. The first-order valence-electron chi connectivity index (χ1n) is 4.80. The molecule has 0 aliphatic rings. The summed E-state index contributed by atoms with van der Waals surface area (Å²) in [6, 6.07) is 13.6. The minimum absolute atomic E-state index is 0.722. The van der Waals surface area contributed by atoms with Crippen molar-refractivity contribution in [1.82, 2.24) is 0 Å². The van der Waals surface area contributed by atoms with Gasteiger partial charge in [0.15, 0.2) is 0 Å². The van der Waals surface area contributed by atoms with Gasteiger partial charge in [-0.15, -0.1) is 0 Å². The first-order valence-corrected chi connectivity index (χ1v) is 5.97. The van der Waals surface area contributed by atoms with Gasteiger partial charge in [0.2, 0.25) is 0 Å². The number of hydrogen-bond donors (Lipinski definition) is 0. The normalized spacial score (nSPS) is 10.2. The van der Waals surface area contributed by atoms with Gasteiger partial charge < -0.3 is 4.74 Å². The lowest BCUT2D eigenvalue weighted by Gasteiger charge is -2.09. The van der Waals surface area contributed by atoms with Crippen molar-refractivity contribution in [2.24, 2.45) is 0 Å². The predicted molar refractivity (Wildman–Crippen MR) is 71.1 cm³/mol. The maximum Gasteiger partial charge on any atom is 0.126 e. The van der Waals surface area contributed by atoms with E-state index in [1.165, 1.54) is 0 Å². The molecule has 2 aromatic rings. The Morgan fingerprint density at radius 1 is 1.12 bits per heavy atom. The van der Waals surface area contributed by atoms with Crippen LogP contribution in [0, 0.1) is 0 Å². The Hall–Kier alpha value is -0.990. The Kier molecular flexibility index (Phi) is 3.52. The van der Waals surface area contributed by atoms with Gasteiger partial charge in [0.05, 0.1) is 7.11 Å². The average Bonchev–Trinajstić information content (AvgIpc) is 2.29. The number of benzene rings is 2. The fourth-order valence-corrected chi connectivity index (χ4v) is 2.11. The fraction of sp³-hybridized carbons (Fsp3) is 0.0769. The van der Waals surface area contributed by atoms with Crippen LogP contribution in [0.15, 0.2) is 46.9 Å². The molecule has 1 nitrogen and oxygen atoms in total. The molecular weight excluding hydrogens is 287 g/mol. The van der Waals surface area contributed by atoms with Gasteiger partial charge in [-0.25, -0.2) is 0 Å². The third-order valence-corrected chi connectivity index (χ3v) is 3.03. The van der Waals surface area contributed by atoms with Crippen molar-refractivity contribution in [3.05, 3.63) is 52.0 Å². The Labute approximate surface area is 108 Å². The second-order valence-electron chi connectivity index (χ2n) is 3.35. The fourth-order valence-electron chi connectivity index (χ4n) is 1.56. The number of ether oxygens (including phenoxy) is 1. The third kappa shape index (κ3) is 2.39. The Morgan fingerprint density at radius 2 is 1.94 bits per heavy atom. The Morgan fingerprint density at radius 3 is 2.62 bits per heavy atom. The SMILES string of the molecule is COc1ccc(Br)cc1-c1cccc(Cl)c1. The quantitative estimate of drug-likeness (QED) is 0.775. The molecule has 0 aliphatic carbocycles. The number of halogens is 2. The molecule has 0 amide bonds. The maximum absolute atomic E-state index is 5.98. The average molecular weight is 298 g/mol. The summed E-state index contributed by atoms with van der Waals surface area (Å²) in [5.41, 5.74) is 2.07. The molecule has 0 unspecified atom stereocenters. The maximum atomic E-state index is 5.98. The van der Waals surface area contributed by atoms with Crippen molar-refractivity contribution in [3.63, 3.8) is 0 Å². The van der Waals surface area contributed by atoms with E-state index in [4.69, 9.17) is 16.3 Å². The van der Waals surface area contributed by atoms with E-state index >= 15 is 0 Å². The van der Waals surface area contributed by atoms with E-state index in [1.54, 1.807) is 7.11 Å². The van der Waals surface area contributed by atoms with Crippen LogP contribution in [0.25, 0.3) is 11.1 Å². The van der Waals surface area contributed by atoms with Gasteiger partial charge in [-0.1, -0.05) is 39.7 Å². The van der Waals surface area contributed by atoms with E-state index in [1.807, 2.05) is 42.5 Å². The van der Waals surface area contributed by atoms with Gasteiger partial charge in [-0.2, -0.15) is 0 Å². The summed E-state index contributed by atoms with van der Waals surface area (Å²) in [6.45, 7) is 0. The van der Waals surface area contributed by atoms with Crippen molar-refractivity contribution in [1.29, 1.82) is 0 Å². The molecule has 16 heavy (non-hydrogen) atoms. The first-order chi connectivity index (χ1) is 7.70. The molecule has 2 rings (SSSR count).